The molecule has 0 heterocycles. The number of carbonyl (C=O) groups excluding carboxylic acids is 2. The van der Waals surface area contributed by atoms with E-state index in [0.717, 1.165) is 0 Å². The normalized spacial score (nSPS) is 11.9. The Bertz CT molecular complexity index is 362. The predicted molar refractivity (Wildman–Crippen MR) is 64.7 cm³/mol. The molecule has 0 radical (unpaired) electrons. The lowest BCUT2D eigenvalue weighted by molar-refractivity contribution is -0.140. The van der Waals surface area contributed by atoms with E-state index in [1.807, 2.05) is 18.2 Å². The third-order valence-electron chi connectivity index (χ3n) is 2.02. The van der Waals surface area contributed by atoms with Gasteiger partial charge in [-0.3, -0.25) is 9.59 Å². The zero-order valence-electron chi connectivity index (χ0n) is 8.98. The molecule has 0 aliphatic heterocycles. The summed E-state index contributed by atoms with van der Waals surface area (Å²) in [5.41, 5.74) is 0.659. The summed E-state index contributed by atoms with van der Waals surface area (Å²) in [6.45, 7) is 1.60. The van der Waals surface area contributed by atoms with Gasteiger partial charge in [-0.05, 0) is 0 Å². The number of Topliss-reactive ketones (excluding diaryl/α,β-unsaturated/α-hetero) is 1. The average Bonchev–Trinajstić information content (AvgIpc) is 2.28. The van der Waals surface area contributed by atoms with Gasteiger partial charge in [-0.15, -0.1) is 0 Å². The fraction of sp³-hybridized carbons (Fsp3) is 0.333. The van der Waals surface area contributed by atoms with Crippen molar-refractivity contribution in [1.29, 1.82) is 0 Å². The number of esters is 1. The van der Waals surface area contributed by atoms with Crippen molar-refractivity contribution < 1.29 is 14.3 Å². The van der Waals surface area contributed by atoms with E-state index in [1.165, 1.54) is 6.92 Å². The van der Waals surface area contributed by atoms with Gasteiger partial charge in [0.05, 0.1) is 11.4 Å². The Hall–Kier alpha value is -1.16. The van der Waals surface area contributed by atoms with E-state index in [1.54, 1.807) is 12.1 Å². The number of ketones is 1. The van der Waals surface area contributed by atoms with Crippen LogP contribution in [-0.2, 0) is 9.53 Å². The molecule has 0 aliphatic carbocycles. The molecule has 16 heavy (non-hydrogen) atoms. The zero-order valence-corrected chi connectivity index (χ0v) is 10.6. The van der Waals surface area contributed by atoms with E-state index in [0.29, 0.717) is 12.0 Å². The van der Waals surface area contributed by atoms with E-state index < -0.39 is 0 Å². The van der Waals surface area contributed by atoms with Gasteiger partial charge in [-0.2, -0.15) is 0 Å². The van der Waals surface area contributed by atoms with Gasteiger partial charge < -0.3 is 4.74 Å². The van der Waals surface area contributed by atoms with E-state index in [4.69, 9.17) is 4.74 Å². The van der Waals surface area contributed by atoms with Crippen LogP contribution in [0.3, 0.4) is 0 Å². The Balaban J connectivity index is 2.45. The fourth-order valence-corrected chi connectivity index (χ4v) is 1.67. The number of halogens is 1. The summed E-state index contributed by atoms with van der Waals surface area (Å²) in [7, 11) is 0. The van der Waals surface area contributed by atoms with Gasteiger partial charge in [0.25, 0.3) is 0 Å². The Kier molecular flexibility index (Phi) is 5.19. The topological polar surface area (TPSA) is 43.4 Å². The number of hydrogen-bond acceptors (Lipinski definition) is 3. The van der Waals surface area contributed by atoms with Gasteiger partial charge in [0.15, 0.2) is 5.78 Å². The first kappa shape index (κ1) is 12.9. The number of hydrogen-bond donors (Lipinski definition) is 0. The van der Waals surface area contributed by atoms with Crippen LogP contribution < -0.4 is 0 Å². The maximum absolute atomic E-state index is 11.8. The highest BCUT2D eigenvalue weighted by Gasteiger charge is 2.16. The summed E-state index contributed by atoms with van der Waals surface area (Å²) >= 11 is 3.29. The molecular formula is C12H13BrO3. The second-order valence-electron chi connectivity index (χ2n) is 3.33. The highest BCUT2D eigenvalue weighted by atomic mass is 79.9. The molecule has 1 atom stereocenters. The zero-order chi connectivity index (χ0) is 12.0. The highest BCUT2D eigenvalue weighted by Crippen LogP contribution is 2.13. The SMILES string of the molecule is CC(=O)OCC[C@@H](Br)C(=O)c1ccccc1. The number of benzene rings is 1. The summed E-state index contributed by atoms with van der Waals surface area (Å²) < 4.78 is 4.78. The smallest absolute Gasteiger partial charge is 0.302 e. The maximum Gasteiger partial charge on any atom is 0.302 e. The van der Waals surface area contributed by atoms with Crippen LogP contribution in [0.25, 0.3) is 0 Å². The van der Waals surface area contributed by atoms with Crippen molar-refractivity contribution in [3.05, 3.63) is 35.9 Å². The third-order valence-corrected chi connectivity index (χ3v) is 2.89. The van der Waals surface area contributed by atoms with Crippen molar-refractivity contribution in [1.82, 2.24) is 0 Å². The summed E-state index contributed by atoms with van der Waals surface area (Å²) in [4.78, 5) is 22.1. The lowest BCUT2D eigenvalue weighted by atomic mass is 10.1. The minimum absolute atomic E-state index is 0.00718. The lowest BCUT2D eigenvalue weighted by Gasteiger charge is -2.08. The quantitative estimate of drug-likeness (QED) is 0.474. The number of rotatable bonds is 5. The van der Waals surface area contributed by atoms with Crippen molar-refractivity contribution in [2.45, 2.75) is 18.2 Å². The van der Waals surface area contributed by atoms with Crippen molar-refractivity contribution >= 4 is 27.7 Å². The van der Waals surface area contributed by atoms with Gasteiger partial charge in [0.2, 0.25) is 0 Å². The van der Waals surface area contributed by atoms with E-state index in [2.05, 4.69) is 15.9 Å². The molecular weight excluding hydrogens is 272 g/mol. The van der Waals surface area contributed by atoms with Gasteiger partial charge in [0.1, 0.15) is 0 Å². The second kappa shape index (κ2) is 6.43. The first-order chi connectivity index (χ1) is 7.61. The molecule has 86 valence electrons. The summed E-state index contributed by atoms with van der Waals surface area (Å²) in [6, 6.07) is 9.03. The van der Waals surface area contributed by atoms with E-state index in [9.17, 15) is 9.59 Å². The molecule has 0 aliphatic rings. The van der Waals surface area contributed by atoms with Gasteiger partial charge >= 0.3 is 5.97 Å². The summed E-state index contributed by atoms with van der Waals surface area (Å²) in [5, 5.41) is 0. The highest BCUT2D eigenvalue weighted by molar-refractivity contribution is 9.10. The van der Waals surface area contributed by atoms with Crippen LogP contribution in [0.4, 0.5) is 0 Å². The average molecular weight is 285 g/mol. The minimum atomic E-state index is -0.327. The summed E-state index contributed by atoms with van der Waals surface area (Å²) in [6.07, 6.45) is 0.479. The third kappa shape index (κ3) is 4.14. The van der Waals surface area contributed by atoms with Crippen LogP contribution >= 0.6 is 15.9 Å². The largest absolute Gasteiger partial charge is 0.466 e. The second-order valence-corrected chi connectivity index (χ2v) is 4.43. The van der Waals surface area contributed by atoms with Crippen molar-refractivity contribution in [3.8, 4) is 0 Å². The van der Waals surface area contributed by atoms with Gasteiger partial charge in [-0.25, -0.2) is 0 Å². The first-order valence-corrected chi connectivity index (χ1v) is 5.89. The van der Waals surface area contributed by atoms with Gasteiger partial charge in [-0.1, -0.05) is 46.3 Å². The molecule has 0 saturated carbocycles. The molecule has 1 aromatic carbocycles. The molecule has 0 spiro atoms. The molecule has 4 heteroatoms. The van der Waals surface area contributed by atoms with Crippen LogP contribution in [0.2, 0.25) is 0 Å². The maximum atomic E-state index is 11.8. The Morgan fingerprint density at radius 2 is 1.94 bits per heavy atom. The Morgan fingerprint density at radius 3 is 2.50 bits per heavy atom. The number of carbonyl (C=O) groups is 2. The molecule has 0 N–H and O–H groups in total. The fourth-order valence-electron chi connectivity index (χ4n) is 1.22. The molecule has 0 unspecified atom stereocenters. The molecule has 0 fully saturated rings. The molecule has 0 bridgehead atoms. The van der Waals surface area contributed by atoms with Crippen LogP contribution in [-0.4, -0.2) is 23.2 Å². The van der Waals surface area contributed by atoms with Crippen LogP contribution in [0.5, 0.6) is 0 Å². The number of ether oxygens (including phenoxy) is 1. The molecule has 0 aromatic heterocycles. The Morgan fingerprint density at radius 1 is 1.31 bits per heavy atom. The van der Waals surface area contributed by atoms with E-state index in [-0.39, 0.29) is 23.2 Å². The van der Waals surface area contributed by atoms with Gasteiger partial charge in [0, 0.05) is 18.9 Å². The molecule has 1 rings (SSSR count). The Labute approximate surface area is 103 Å². The molecule has 1 aromatic rings. The number of alkyl halides is 1. The predicted octanol–water partition coefficient (Wildman–Crippen LogP) is 2.59. The van der Waals surface area contributed by atoms with Crippen LogP contribution in [0.1, 0.15) is 23.7 Å². The monoisotopic (exact) mass is 284 g/mol. The first-order valence-electron chi connectivity index (χ1n) is 4.98. The molecule has 3 nitrogen and oxygen atoms in total. The molecule has 0 saturated heterocycles. The van der Waals surface area contributed by atoms with Crippen molar-refractivity contribution in [2.24, 2.45) is 0 Å². The molecule has 0 amide bonds. The standard InChI is InChI=1S/C12H13BrO3/c1-9(14)16-8-7-11(13)12(15)10-5-3-2-4-6-10/h2-6,11H,7-8H2,1H3/t11-/m1/s1. The minimum Gasteiger partial charge on any atom is -0.466 e. The van der Waals surface area contributed by atoms with Crippen molar-refractivity contribution in [3.63, 3.8) is 0 Å². The van der Waals surface area contributed by atoms with Crippen LogP contribution in [0, 0.1) is 0 Å². The lowest BCUT2D eigenvalue weighted by Crippen LogP contribution is -2.17. The van der Waals surface area contributed by atoms with Crippen molar-refractivity contribution in [2.75, 3.05) is 6.61 Å². The van der Waals surface area contributed by atoms with Crippen LogP contribution in [0.15, 0.2) is 30.3 Å². The summed E-state index contributed by atoms with van der Waals surface area (Å²) in [5.74, 6) is -0.320. The van der Waals surface area contributed by atoms with E-state index >= 15 is 0 Å².